The van der Waals surface area contributed by atoms with E-state index in [1.54, 1.807) is 0 Å². The van der Waals surface area contributed by atoms with E-state index in [-0.39, 0.29) is 12.1 Å². The van der Waals surface area contributed by atoms with Crippen molar-refractivity contribution in [3.05, 3.63) is 29.8 Å². The highest BCUT2D eigenvalue weighted by molar-refractivity contribution is 5.74. The van der Waals surface area contributed by atoms with Crippen molar-refractivity contribution in [1.29, 1.82) is 0 Å². The first kappa shape index (κ1) is 19.0. The van der Waals surface area contributed by atoms with Crippen LogP contribution in [0, 0.1) is 6.92 Å². The molecule has 0 aromatic heterocycles. The van der Waals surface area contributed by atoms with Crippen LogP contribution < -0.4 is 10.2 Å². The van der Waals surface area contributed by atoms with Crippen LogP contribution in [-0.2, 0) is 9.47 Å². The van der Waals surface area contributed by atoms with Gasteiger partial charge in [0.1, 0.15) is 0 Å². The maximum absolute atomic E-state index is 12.3. The molecule has 0 saturated carbocycles. The molecule has 1 atom stereocenters. The van der Waals surface area contributed by atoms with E-state index in [2.05, 4.69) is 41.4 Å². The van der Waals surface area contributed by atoms with Crippen LogP contribution >= 0.6 is 0 Å². The van der Waals surface area contributed by atoms with Gasteiger partial charge in [-0.2, -0.15) is 0 Å². The van der Waals surface area contributed by atoms with E-state index in [4.69, 9.17) is 9.47 Å². The molecule has 26 heavy (non-hydrogen) atoms. The van der Waals surface area contributed by atoms with Crippen molar-refractivity contribution < 1.29 is 14.3 Å². The van der Waals surface area contributed by atoms with Crippen molar-refractivity contribution in [2.45, 2.75) is 32.3 Å². The molecule has 1 aromatic rings. The number of carbonyl (C=O) groups is 1. The quantitative estimate of drug-likeness (QED) is 0.758. The normalized spacial score (nSPS) is 20.4. The van der Waals surface area contributed by atoms with Crippen LogP contribution in [-0.4, -0.2) is 69.6 Å². The van der Waals surface area contributed by atoms with Gasteiger partial charge in [-0.05, 0) is 43.9 Å². The van der Waals surface area contributed by atoms with E-state index in [9.17, 15) is 4.79 Å². The predicted octanol–water partition coefficient (Wildman–Crippen LogP) is 2.41. The largest absolute Gasteiger partial charge is 0.379 e. The van der Waals surface area contributed by atoms with Crippen molar-refractivity contribution in [1.82, 2.24) is 10.2 Å². The number of anilines is 1. The number of carbonyl (C=O) groups excluding carboxylic acids is 1. The summed E-state index contributed by atoms with van der Waals surface area (Å²) in [6, 6.07) is 8.57. The van der Waals surface area contributed by atoms with Crippen LogP contribution in [0.5, 0.6) is 0 Å². The molecule has 2 aliphatic rings. The molecular weight excluding hydrogens is 330 g/mol. The molecule has 2 aliphatic heterocycles. The zero-order chi connectivity index (χ0) is 18.2. The summed E-state index contributed by atoms with van der Waals surface area (Å²) in [5.41, 5.74) is 2.51. The highest BCUT2D eigenvalue weighted by Crippen LogP contribution is 2.17. The topological polar surface area (TPSA) is 54.0 Å². The summed E-state index contributed by atoms with van der Waals surface area (Å²) < 4.78 is 11.1. The fourth-order valence-corrected chi connectivity index (χ4v) is 3.46. The SMILES string of the molecule is Cc1cccc(N2CCN(C(=O)NCCCOCC3CCCO3)CC2)c1. The lowest BCUT2D eigenvalue weighted by Gasteiger charge is -2.36. The summed E-state index contributed by atoms with van der Waals surface area (Å²) in [5, 5.41) is 3.00. The van der Waals surface area contributed by atoms with Gasteiger partial charge in [-0.3, -0.25) is 0 Å². The lowest BCUT2D eigenvalue weighted by molar-refractivity contribution is 0.0167. The number of rotatable bonds is 7. The van der Waals surface area contributed by atoms with Gasteiger partial charge in [0.2, 0.25) is 0 Å². The molecule has 6 nitrogen and oxygen atoms in total. The molecule has 2 heterocycles. The van der Waals surface area contributed by atoms with Crippen LogP contribution in [0.2, 0.25) is 0 Å². The van der Waals surface area contributed by atoms with Gasteiger partial charge in [0.05, 0.1) is 12.7 Å². The molecule has 144 valence electrons. The monoisotopic (exact) mass is 361 g/mol. The van der Waals surface area contributed by atoms with E-state index in [0.717, 1.165) is 52.0 Å². The fraction of sp³-hybridized carbons (Fsp3) is 0.650. The van der Waals surface area contributed by atoms with Gasteiger partial charge in [-0.25, -0.2) is 4.79 Å². The van der Waals surface area contributed by atoms with Gasteiger partial charge in [0.15, 0.2) is 0 Å². The number of nitrogens with one attached hydrogen (secondary N) is 1. The van der Waals surface area contributed by atoms with Crippen LogP contribution in [0.25, 0.3) is 0 Å². The molecule has 0 radical (unpaired) electrons. The summed E-state index contributed by atoms with van der Waals surface area (Å²) in [6.07, 6.45) is 3.35. The highest BCUT2D eigenvalue weighted by atomic mass is 16.5. The molecule has 0 bridgehead atoms. The molecule has 2 fully saturated rings. The second-order valence-corrected chi connectivity index (χ2v) is 7.11. The number of hydrogen-bond acceptors (Lipinski definition) is 4. The number of nitrogens with zero attached hydrogens (tertiary/aromatic N) is 2. The molecule has 0 spiro atoms. The number of ether oxygens (including phenoxy) is 2. The van der Waals surface area contributed by atoms with Gasteiger partial charge in [0.25, 0.3) is 0 Å². The number of aryl methyl sites for hydroxylation is 1. The maximum Gasteiger partial charge on any atom is 0.317 e. The van der Waals surface area contributed by atoms with Crippen molar-refractivity contribution in [3.8, 4) is 0 Å². The number of piperazine rings is 1. The summed E-state index contributed by atoms with van der Waals surface area (Å²) in [7, 11) is 0. The Morgan fingerprint density at radius 3 is 2.88 bits per heavy atom. The van der Waals surface area contributed by atoms with Crippen molar-refractivity contribution >= 4 is 11.7 Å². The molecule has 3 rings (SSSR count). The second-order valence-electron chi connectivity index (χ2n) is 7.11. The third-order valence-electron chi connectivity index (χ3n) is 5.00. The van der Waals surface area contributed by atoms with Gasteiger partial charge >= 0.3 is 6.03 Å². The minimum absolute atomic E-state index is 0.0352. The van der Waals surface area contributed by atoms with Crippen LogP contribution in [0.4, 0.5) is 10.5 Å². The zero-order valence-electron chi connectivity index (χ0n) is 15.8. The third kappa shape index (κ3) is 5.61. The number of amides is 2. The van der Waals surface area contributed by atoms with E-state index in [0.29, 0.717) is 19.8 Å². The highest BCUT2D eigenvalue weighted by Gasteiger charge is 2.21. The maximum atomic E-state index is 12.3. The Morgan fingerprint density at radius 2 is 2.15 bits per heavy atom. The first-order chi connectivity index (χ1) is 12.7. The van der Waals surface area contributed by atoms with Crippen LogP contribution in [0.15, 0.2) is 24.3 Å². The number of urea groups is 1. The molecule has 2 saturated heterocycles. The van der Waals surface area contributed by atoms with Crippen molar-refractivity contribution in [2.75, 3.05) is 57.4 Å². The Bertz CT molecular complexity index is 567. The standard InChI is InChI=1S/C20H31N3O3/c1-17-5-2-6-18(15-17)22-9-11-23(12-10-22)20(24)21-8-4-13-25-16-19-7-3-14-26-19/h2,5-6,15,19H,3-4,7-14,16H2,1H3,(H,21,24). The zero-order valence-corrected chi connectivity index (χ0v) is 15.8. The molecule has 1 N–H and O–H groups in total. The molecule has 1 unspecified atom stereocenters. The fourth-order valence-electron chi connectivity index (χ4n) is 3.46. The Labute approximate surface area is 156 Å². The number of benzene rings is 1. The van der Waals surface area contributed by atoms with Gasteiger partial charge in [0, 0.05) is 51.6 Å². The summed E-state index contributed by atoms with van der Waals surface area (Å²) >= 11 is 0. The smallest absolute Gasteiger partial charge is 0.317 e. The minimum atomic E-state index is 0.0352. The third-order valence-corrected chi connectivity index (χ3v) is 5.00. The van der Waals surface area contributed by atoms with E-state index >= 15 is 0 Å². The predicted molar refractivity (Wildman–Crippen MR) is 103 cm³/mol. The average molecular weight is 361 g/mol. The average Bonchev–Trinajstić information content (AvgIpc) is 3.18. The first-order valence-electron chi connectivity index (χ1n) is 9.76. The molecule has 0 aliphatic carbocycles. The van der Waals surface area contributed by atoms with Crippen LogP contribution in [0.3, 0.4) is 0 Å². The first-order valence-corrected chi connectivity index (χ1v) is 9.76. The molecular formula is C20H31N3O3. The van der Waals surface area contributed by atoms with Crippen molar-refractivity contribution in [3.63, 3.8) is 0 Å². The van der Waals surface area contributed by atoms with Gasteiger partial charge in [-0.15, -0.1) is 0 Å². The summed E-state index contributed by atoms with van der Waals surface area (Å²) in [5.74, 6) is 0. The lowest BCUT2D eigenvalue weighted by Crippen LogP contribution is -2.52. The Morgan fingerprint density at radius 1 is 1.31 bits per heavy atom. The van der Waals surface area contributed by atoms with Crippen LogP contribution in [0.1, 0.15) is 24.8 Å². The summed E-state index contributed by atoms with van der Waals surface area (Å²) in [4.78, 5) is 16.5. The minimum Gasteiger partial charge on any atom is -0.379 e. The van der Waals surface area contributed by atoms with E-state index in [1.165, 1.54) is 11.3 Å². The lowest BCUT2D eigenvalue weighted by atomic mass is 10.2. The summed E-state index contributed by atoms with van der Waals surface area (Å²) in [6.45, 7) is 8.24. The molecule has 2 amide bonds. The van der Waals surface area contributed by atoms with E-state index in [1.807, 2.05) is 4.90 Å². The Balaban J connectivity index is 1.27. The Kier molecular flexibility index (Phi) is 7.14. The van der Waals surface area contributed by atoms with Gasteiger partial charge < -0.3 is 24.6 Å². The number of hydrogen-bond donors (Lipinski definition) is 1. The van der Waals surface area contributed by atoms with E-state index < -0.39 is 0 Å². The Hall–Kier alpha value is -1.79. The van der Waals surface area contributed by atoms with Gasteiger partial charge in [-0.1, -0.05) is 12.1 Å². The van der Waals surface area contributed by atoms with Crippen molar-refractivity contribution in [2.24, 2.45) is 0 Å². The second kappa shape index (κ2) is 9.78. The molecule has 6 heteroatoms. The molecule has 1 aromatic carbocycles.